The molecule has 0 amide bonds. The summed E-state index contributed by atoms with van der Waals surface area (Å²) in [6, 6.07) is 3.96. The molecule has 0 aliphatic carbocycles. The number of benzene rings is 1. The van der Waals surface area contributed by atoms with Gasteiger partial charge in [0.05, 0.1) is 12.1 Å². The molecule has 1 heterocycles. The Morgan fingerprint density at radius 3 is 2.93 bits per heavy atom. The Morgan fingerprint density at radius 2 is 2.33 bits per heavy atom. The van der Waals surface area contributed by atoms with E-state index < -0.39 is 0 Å². The van der Waals surface area contributed by atoms with Crippen LogP contribution >= 0.6 is 11.6 Å². The molecule has 0 aromatic heterocycles. The first kappa shape index (κ1) is 10.6. The Labute approximate surface area is 94.0 Å². The van der Waals surface area contributed by atoms with Gasteiger partial charge in [-0.25, -0.2) is 0 Å². The SMILES string of the molecule is COc1cc([C@H]2CCCN2)cc(Cl)c1O. The molecule has 1 saturated heterocycles. The van der Waals surface area contributed by atoms with Crippen molar-refractivity contribution >= 4 is 11.6 Å². The molecule has 0 spiro atoms. The van der Waals surface area contributed by atoms with Gasteiger partial charge in [0.25, 0.3) is 0 Å². The molecule has 0 unspecified atom stereocenters. The lowest BCUT2D eigenvalue weighted by Gasteiger charge is -2.13. The van der Waals surface area contributed by atoms with Crippen molar-refractivity contribution in [3.05, 3.63) is 22.7 Å². The average Bonchev–Trinajstić information content (AvgIpc) is 2.75. The summed E-state index contributed by atoms with van der Waals surface area (Å²) in [5.74, 6) is 0.451. The minimum atomic E-state index is 0.0147. The van der Waals surface area contributed by atoms with Crippen molar-refractivity contribution in [1.82, 2.24) is 5.32 Å². The number of phenols is 1. The van der Waals surface area contributed by atoms with Gasteiger partial charge >= 0.3 is 0 Å². The molecule has 2 rings (SSSR count). The van der Waals surface area contributed by atoms with Crippen LogP contribution in [-0.4, -0.2) is 18.8 Å². The van der Waals surface area contributed by atoms with Gasteiger partial charge in [-0.15, -0.1) is 0 Å². The van der Waals surface area contributed by atoms with Crippen LogP contribution in [0.2, 0.25) is 5.02 Å². The number of halogens is 1. The van der Waals surface area contributed by atoms with Crippen molar-refractivity contribution in [3.8, 4) is 11.5 Å². The van der Waals surface area contributed by atoms with Crippen molar-refractivity contribution in [2.24, 2.45) is 0 Å². The fourth-order valence-electron chi connectivity index (χ4n) is 1.92. The third kappa shape index (κ3) is 2.03. The average molecular weight is 228 g/mol. The molecule has 0 radical (unpaired) electrons. The number of rotatable bonds is 2. The third-order valence-electron chi connectivity index (χ3n) is 2.73. The molecule has 15 heavy (non-hydrogen) atoms. The quantitative estimate of drug-likeness (QED) is 0.816. The maximum Gasteiger partial charge on any atom is 0.176 e. The van der Waals surface area contributed by atoms with Crippen LogP contribution in [0.15, 0.2) is 12.1 Å². The predicted octanol–water partition coefficient (Wildman–Crippen LogP) is 2.48. The van der Waals surface area contributed by atoms with E-state index in [4.69, 9.17) is 16.3 Å². The number of aromatic hydroxyl groups is 1. The second kappa shape index (κ2) is 4.29. The van der Waals surface area contributed by atoms with Gasteiger partial charge in [0.2, 0.25) is 0 Å². The number of ether oxygens (including phenoxy) is 1. The highest BCUT2D eigenvalue weighted by molar-refractivity contribution is 6.32. The summed E-state index contributed by atoms with van der Waals surface area (Å²) in [4.78, 5) is 0. The van der Waals surface area contributed by atoms with Crippen LogP contribution in [-0.2, 0) is 0 Å². The second-order valence-corrected chi connectivity index (χ2v) is 4.11. The fourth-order valence-corrected chi connectivity index (χ4v) is 2.14. The zero-order valence-electron chi connectivity index (χ0n) is 8.59. The van der Waals surface area contributed by atoms with E-state index >= 15 is 0 Å². The number of nitrogens with one attached hydrogen (secondary N) is 1. The van der Waals surface area contributed by atoms with Gasteiger partial charge in [0.15, 0.2) is 11.5 Å². The number of hydrogen-bond donors (Lipinski definition) is 2. The molecule has 1 aromatic rings. The molecule has 1 aromatic carbocycles. The highest BCUT2D eigenvalue weighted by atomic mass is 35.5. The van der Waals surface area contributed by atoms with Crippen LogP contribution in [0.5, 0.6) is 11.5 Å². The fraction of sp³-hybridized carbons (Fsp3) is 0.455. The molecule has 4 heteroatoms. The van der Waals surface area contributed by atoms with Crippen molar-refractivity contribution in [2.75, 3.05) is 13.7 Å². The first-order valence-electron chi connectivity index (χ1n) is 5.02. The van der Waals surface area contributed by atoms with Crippen molar-refractivity contribution < 1.29 is 9.84 Å². The number of phenolic OH excluding ortho intramolecular Hbond substituents is 1. The highest BCUT2D eigenvalue weighted by Crippen LogP contribution is 2.38. The Bertz CT molecular complexity index is 362. The summed E-state index contributed by atoms with van der Waals surface area (Å²) in [6.45, 7) is 1.03. The summed E-state index contributed by atoms with van der Waals surface area (Å²) in [6.07, 6.45) is 2.27. The van der Waals surface area contributed by atoms with Crippen LogP contribution < -0.4 is 10.1 Å². The van der Waals surface area contributed by atoms with E-state index in [0.29, 0.717) is 16.8 Å². The van der Waals surface area contributed by atoms with Crippen molar-refractivity contribution in [1.29, 1.82) is 0 Å². The molecule has 0 bridgehead atoms. The van der Waals surface area contributed by atoms with Crippen molar-refractivity contribution in [2.45, 2.75) is 18.9 Å². The number of methoxy groups -OCH3 is 1. The van der Waals surface area contributed by atoms with E-state index in [-0.39, 0.29) is 5.75 Å². The normalized spacial score (nSPS) is 20.5. The third-order valence-corrected chi connectivity index (χ3v) is 3.02. The van der Waals surface area contributed by atoms with Gasteiger partial charge in [-0.2, -0.15) is 0 Å². The van der Waals surface area contributed by atoms with Crippen LogP contribution in [0.1, 0.15) is 24.4 Å². The van der Waals surface area contributed by atoms with E-state index in [9.17, 15) is 5.11 Å². The van der Waals surface area contributed by atoms with E-state index in [1.807, 2.05) is 6.07 Å². The van der Waals surface area contributed by atoms with E-state index in [2.05, 4.69) is 5.32 Å². The molecular formula is C11H14ClNO2. The predicted molar refractivity (Wildman–Crippen MR) is 59.6 cm³/mol. The second-order valence-electron chi connectivity index (χ2n) is 3.70. The zero-order valence-corrected chi connectivity index (χ0v) is 9.34. The minimum Gasteiger partial charge on any atom is -0.503 e. The van der Waals surface area contributed by atoms with Crippen LogP contribution in [0, 0.1) is 0 Å². The Hall–Kier alpha value is -0.930. The van der Waals surface area contributed by atoms with Crippen LogP contribution in [0.25, 0.3) is 0 Å². The summed E-state index contributed by atoms with van der Waals surface area (Å²) in [7, 11) is 1.53. The monoisotopic (exact) mass is 227 g/mol. The van der Waals surface area contributed by atoms with Gasteiger partial charge in [-0.1, -0.05) is 11.6 Å². The van der Waals surface area contributed by atoms with Crippen LogP contribution in [0.4, 0.5) is 0 Å². The van der Waals surface area contributed by atoms with Gasteiger partial charge < -0.3 is 15.2 Å². The standard InChI is InChI=1S/C11H14ClNO2/c1-15-10-6-7(5-8(12)11(10)14)9-3-2-4-13-9/h5-6,9,13-14H,2-4H2,1H3/t9-/m1/s1. The molecule has 1 aliphatic rings. The molecule has 3 nitrogen and oxygen atoms in total. The Kier molecular flexibility index (Phi) is 3.03. The molecular weight excluding hydrogens is 214 g/mol. The lowest BCUT2D eigenvalue weighted by atomic mass is 10.0. The summed E-state index contributed by atoms with van der Waals surface area (Å²) in [5.41, 5.74) is 1.08. The summed E-state index contributed by atoms with van der Waals surface area (Å²) < 4.78 is 5.06. The molecule has 1 aliphatic heterocycles. The lowest BCUT2D eigenvalue weighted by molar-refractivity contribution is 0.372. The number of hydrogen-bond acceptors (Lipinski definition) is 3. The molecule has 1 atom stereocenters. The topological polar surface area (TPSA) is 41.5 Å². The first-order valence-corrected chi connectivity index (χ1v) is 5.40. The maximum atomic E-state index is 9.59. The van der Waals surface area contributed by atoms with Gasteiger partial charge in [-0.05, 0) is 37.1 Å². The lowest BCUT2D eigenvalue weighted by Crippen LogP contribution is -2.12. The largest absolute Gasteiger partial charge is 0.503 e. The first-order chi connectivity index (χ1) is 7.22. The molecule has 0 saturated carbocycles. The van der Waals surface area contributed by atoms with E-state index in [0.717, 1.165) is 18.5 Å². The van der Waals surface area contributed by atoms with Gasteiger partial charge in [0.1, 0.15) is 0 Å². The summed E-state index contributed by atoms with van der Waals surface area (Å²) in [5, 5.41) is 13.3. The van der Waals surface area contributed by atoms with E-state index in [1.165, 1.54) is 13.5 Å². The molecule has 1 fully saturated rings. The maximum absolute atomic E-state index is 9.59. The highest BCUT2D eigenvalue weighted by Gasteiger charge is 2.19. The van der Waals surface area contributed by atoms with Gasteiger partial charge in [0, 0.05) is 6.04 Å². The molecule has 2 N–H and O–H groups in total. The molecule has 82 valence electrons. The zero-order chi connectivity index (χ0) is 10.8. The van der Waals surface area contributed by atoms with Gasteiger partial charge in [-0.3, -0.25) is 0 Å². The van der Waals surface area contributed by atoms with E-state index in [1.54, 1.807) is 6.07 Å². The minimum absolute atomic E-state index is 0.0147. The van der Waals surface area contributed by atoms with Crippen LogP contribution in [0.3, 0.4) is 0 Å². The Morgan fingerprint density at radius 1 is 1.53 bits per heavy atom. The van der Waals surface area contributed by atoms with Crippen molar-refractivity contribution in [3.63, 3.8) is 0 Å². The Balaban J connectivity index is 2.35. The smallest absolute Gasteiger partial charge is 0.176 e. The summed E-state index contributed by atoms with van der Waals surface area (Å²) >= 11 is 5.92.